The number of nitrogens with two attached hydrogens (primary N) is 2. The van der Waals surface area contributed by atoms with Crippen LogP contribution in [0.5, 0.6) is 0 Å². The molecule has 0 radical (unpaired) electrons. The number of nitrogens with one attached hydrogen (secondary N) is 2. The number of amides is 3. The van der Waals surface area contributed by atoms with Crippen LogP contribution in [0.1, 0.15) is 19.8 Å². The lowest BCUT2D eigenvalue weighted by molar-refractivity contribution is -0.116. The van der Waals surface area contributed by atoms with Crippen LogP contribution in [0.3, 0.4) is 0 Å². The van der Waals surface area contributed by atoms with Crippen LogP contribution < -0.4 is 22.1 Å². The van der Waals surface area contributed by atoms with Crippen LogP contribution in [-0.4, -0.2) is 18.5 Å². The van der Waals surface area contributed by atoms with Gasteiger partial charge in [0.25, 0.3) is 0 Å². The van der Waals surface area contributed by atoms with Crippen molar-refractivity contribution < 1.29 is 9.59 Å². The molecule has 0 bridgehead atoms. The van der Waals surface area contributed by atoms with Crippen molar-refractivity contribution in [2.24, 2.45) is 17.4 Å². The molecule has 6 nitrogen and oxygen atoms in total. The first-order valence-electron chi connectivity index (χ1n) is 6.17. The van der Waals surface area contributed by atoms with Crippen molar-refractivity contribution in [2.75, 3.05) is 17.2 Å². The van der Waals surface area contributed by atoms with Crippen molar-refractivity contribution in [2.45, 2.75) is 19.8 Å². The minimum atomic E-state index is -0.639. The van der Waals surface area contributed by atoms with Crippen LogP contribution in [0.4, 0.5) is 16.2 Å². The molecule has 3 amide bonds. The molecule has 6 N–H and O–H groups in total. The number of anilines is 2. The van der Waals surface area contributed by atoms with Gasteiger partial charge in [-0.3, -0.25) is 4.79 Å². The van der Waals surface area contributed by atoms with Crippen molar-refractivity contribution in [3.8, 4) is 0 Å². The van der Waals surface area contributed by atoms with E-state index in [9.17, 15) is 9.59 Å². The normalized spacial score (nSPS) is 11.7. The fourth-order valence-corrected chi connectivity index (χ4v) is 1.54. The Morgan fingerprint density at radius 1 is 1.26 bits per heavy atom. The van der Waals surface area contributed by atoms with Crippen LogP contribution in [0.15, 0.2) is 24.3 Å². The summed E-state index contributed by atoms with van der Waals surface area (Å²) in [6.07, 6.45) is 1.17. The molecule has 0 aliphatic rings. The number of hydrogen-bond donors (Lipinski definition) is 4. The summed E-state index contributed by atoms with van der Waals surface area (Å²) in [4.78, 5) is 22.4. The van der Waals surface area contributed by atoms with E-state index in [1.807, 2.05) is 6.92 Å². The van der Waals surface area contributed by atoms with Gasteiger partial charge in [0.05, 0.1) is 0 Å². The summed E-state index contributed by atoms with van der Waals surface area (Å²) in [5, 5.41) is 5.21. The Labute approximate surface area is 112 Å². The first-order valence-corrected chi connectivity index (χ1v) is 6.17. The van der Waals surface area contributed by atoms with Crippen LogP contribution >= 0.6 is 0 Å². The van der Waals surface area contributed by atoms with Crippen molar-refractivity contribution in [3.63, 3.8) is 0 Å². The second kappa shape index (κ2) is 7.38. The number of hydrogen-bond acceptors (Lipinski definition) is 3. The third kappa shape index (κ3) is 5.87. The molecule has 0 heterocycles. The quantitative estimate of drug-likeness (QED) is 0.624. The van der Waals surface area contributed by atoms with Gasteiger partial charge in [-0.2, -0.15) is 0 Å². The summed E-state index contributed by atoms with van der Waals surface area (Å²) < 4.78 is 0. The second-order valence-corrected chi connectivity index (χ2v) is 4.50. The number of urea groups is 1. The highest BCUT2D eigenvalue weighted by molar-refractivity contribution is 5.93. The summed E-state index contributed by atoms with van der Waals surface area (Å²) in [7, 11) is 0. The molecule has 0 saturated carbocycles. The molecule has 0 fully saturated rings. The first-order chi connectivity index (χ1) is 9.01. The zero-order valence-corrected chi connectivity index (χ0v) is 11.0. The van der Waals surface area contributed by atoms with E-state index in [0.717, 1.165) is 6.42 Å². The van der Waals surface area contributed by atoms with Crippen molar-refractivity contribution in [1.82, 2.24) is 0 Å². The maximum Gasteiger partial charge on any atom is 0.316 e. The summed E-state index contributed by atoms with van der Waals surface area (Å²) in [6, 6.07) is 6.17. The standard InChI is InChI=1S/C13H20N4O2/c1-9(8-14)5-6-12(18)16-10-3-2-4-11(7-10)17-13(15)19/h2-4,7,9H,5-6,8,14H2,1H3,(H,16,18)(H3,15,17,19). The van der Waals surface area contributed by atoms with Crippen molar-refractivity contribution >= 4 is 23.3 Å². The molecule has 1 aromatic carbocycles. The van der Waals surface area contributed by atoms with E-state index in [2.05, 4.69) is 10.6 Å². The zero-order chi connectivity index (χ0) is 14.3. The zero-order valence-electron chi connectivity index (χ0n) is 11.0. The molecule has 0 spiro atoms. The third-order valence-electron chi connectivity index (χ3n) is 2.68. The van der Waals surface area contributed by atoms with E-state index in [4.69, 9.17) is 11.5 Å². The predicted octanol–water partition coefficient (Wildman–Crippen LogP) is 1.49. The fraction of sp³-hybridized carbons (Fsp3) is 0.385. The van der Waals surface area contributed by atoms with E-state index >= 15 is 0 Å². The molecule has 1 aromatic rings. The highest BCUT2D eigenvalue weighted by Crippen LogP contribution is 2.15. The molecule has 19 heavy (non-hydrogen) atoms. The van der Waals surface area contributed by atoms with Gasteiger partial charge in [-0.1, -0.05) is 13.0 Å². The minimum absolute atomic E-state index is 0.0727. The van der Waals surface area contributed by atoms with Gasteiger partial charge >= 0.3 is 6.03 Å². The number of benzene rings is 1. The van der Waals surface area contributed by atoms with E-state index in [1.165, 1.54) is 0 Å². The van der Waals surface area contributed by atoms with Gasteiger partial charge in [-0.05, 0) is 37.1 Å². The molecule has 1 unspecified atom stereocenters. The van der Waals surface area contributed by atoms with E-state index in [0.29, 0.717) is 30.3 Å². The molecule has 0 aromatic heterocycles. The van der Waals surface area contributed by atoms with Gasteiger partial charge in [-0.25, -0.2) is 4.79 Å². The molecular weight excluding hydrogens is 244 g/mol. The Kier molecular flexibility index (Phi) is 5.81. The van der Waals surface area contributed by atoms with E-state index in [-0.39, 0.29) is 5.91 Å². The number of primary amides is 1. The van der Waals surface area contributed by atoms with Crippen LogP contribution in [0, 0.1) is 5.92 Å². The highest BCUT2D eigenvalue weighted by Gasteiger charge is 2.06. The SMILES string of the molecule is CC(CN)CCC(=O)Nc1cccc(NC(N)=O)c1. The van der Waals surface area contributed by atoms with Crippen LogP contribution in [-0.2, 0) is 4.79 Å². The lowest BCUT2D eigenvalue weighted by Gasteiger charge is -2.09. The number of rotatable bonds is 6. The third-order valence-corrected chi connectivity index (χ3v) is 2.68. The van der Waals surface area contributed by atoms with E-state index in [1.54, 1.807) is 24.3 Å². The fourth-order valence-electron chi connectivity index (χ4n) is 1.54. The van der Waals surface area contributed by atoms with Crippen molar-refractivity contribution in [1.29, 1.82) is 0 Å². The Morgan fingerprint density at radius 3 is 2.47 bits per heavy atom. The topological polar surface area (TPSA) is 110 Å². The average molecular weight is 264 g/mol. The van der Waals surface area contributed by atoms with Crippen LogP contribution in [0.25, 0.3) is 0 Å². The lowest BCUT2D eigenvalue weighted by Crippen LogP contribution is -2.19. The average Bonchev–Trinajstić information content (AvgIpc) is 2.35. The molecule has 104 valence electrons. The van der Waals surface area contributed by atoms with Gasteiger partial charge in [0.2, 0.25) is 5.91 Å². The summed E-state index contributed by atoms with van der Waals surface area (Å²) in [5.41, 5.74) is 11.7. The predicted molar refractivity (Wildman–Crippen MR) is 75.7 cm³/mol. The smallest absolute Gasteiger partial charge is 0.316 e. The monoisotopic (exact) mass is 264 g/mol. The van der Waals surface area contributed by atoms with Crippen molar-refractivity contribution in [3.05, 3.63) is 24.3 Å². The minimum Gasteiger partial charge on any atom is -0.351 e. The van der Waals surface area contributed by atoms with Gasteiger partial charge in [0.15, 0.2) is 0 Å². The number of carbonyl (C=O) groups is 2. The van der Waals surface area contributed by atoms with Crippen LogP contribution in [0.2, 0.25) is 0 Å². The molecule has 1 rings (SSSR count). The van der Waals surface area contributed by atoms with Gasteiger partial charge < -0.3 is 22.1 Å². The number of carbonyl (C=O) groups excluding carboxylic acids is 2. The molecule has 0 aliphatic heterocycles. The maximum absolute atomic E-state index is 11.7. The Balaban J connectivity index is 2.52. The highest BCUT2D eigenvalue weighted by atomic mass is 16.2. The molecule has 0 saturated heterocycles. The van der Waals surface area contributed by atoms with E-state index < -0.39 is 6.03 Å². The molecule has 6 heteroatoms. The Hall–Kier alpha value is -2.08. The summed E-state index contributed by atoms with van der Waals surface area (Å²) in [6.45, 7) is 2.58. The summed E-state index contributed by atoms with van der Waals surface area (Å²) in [5.74, 6) is 0.255. The van der Waals surface area contributed by atoms with Gasteiger partial charge in [0, 0.05) is 17.8 Å². The molecular formula is C13H20N4O2. The van der Waals surface area contributed by atoms with Gasteiger partial charge in [-0.15, -0.1) is 0 Å². The maximum atomic E-state index is 11.7. The Morgan fingerprint density at radius 2 is 1.89 bits per heavy atom. The summed E-state index contributed by atoms with van der Waals surface area (Å²) >= 11 is 0. The Bertz CT molecular complexity index is 448. The largest absolute Gasteiger partial charge is 0.351 e. The molecule has 0 aliphatic carbocycles. The van der Waals surface area contributed by atoms with Gasteiger partial charge in [0.1, 0.15) is 0 Å². The molecule has 1 atom stereocenters. The lowest BCUT2D eigenvalue weighted by atomic mass is 10.1. The second-order valence-electron chi connectivity index (χ2n) is 4.50. The first kappa shape index (κ1) is 15.0.